The molecular formula is C14H10Cl2N2. The molecule has 4 heteroatoms. The molecule has 0 unspecified atom stereocenters. The first-order valence-electron chi connectivity index (χ1n) is 5.33. The van der Waals surface area contributed by atoms with E-state index in [0.717, 1.165) is 11.3 Å². The summed E-state index contributed by atoms with van der Waals surface area (Å²) in [6, 6.07) is 12.9. The van der Waals surface area contributed by atoms with Crippen molar-refractivity contribution in [2.45, 2.75) is 6.92 Å². The predicted octanol–water partition coefficient (Wildman–Crippen LogP) is 4.92. The highest BCUT2D eigenvalue weighted by Crippen LogP contribution is 2.35. The van der Waals surface area contributed by atoms with Crippen molar-refractivity contribution < 1.29 is 0 Å². The van der Waals surface area contributed by atoms with Crippen LogP contribution in [0.3, 0.4) is 0 Å². The van der Waals surface area contributed by atoms with Crippen LogP contribution in [-0.2, 0) is 0 Å². The highest BCUT2D eigenvalue weighted by atomic mass is 35.5. The summed E-state index contributed by atoms with van der Waals surface area (Å²) in [5.74, 6) is 0. The maximum Gasteiger partial charge on any atom is 0.0992 e. The lowest BCUT2D eigenvalue weighted by atomic mass is 10.2. The number of nitrogens with one attached hydrogen (secondary N) is 1. The molecule has 90 valence electrons. The van der Waals surface area contributed by atoms with Gasteiger partial charge in [0.1, 0.15) is 0 Å². The number of hydrogen-bond acceptors (Lipinski definition) is 2. The molecule has 0 atom stereocenters. The van der Waals surface area contributed by atoms with Crippen LogP contribution in [-0.4, -0.2) is 0 Å². The van der Waals surface area contributed by atoms with Gasteiger partial charge in [0.15, 0.2) is 0 Å². The first-order chi connectivity index (χ1) is 8.61. The van der Waals surface area contributed by atoms with Crippen molar-refractivity contribution in [3.8, 4) is 6.07 Å². The minimum Gasteiger partial charge on any atom is -0.353 e. The largest absolute Gasteiger partial charge is 0.353 e. The summed E-state index contributed by atoms with van der Waals surface area (Å²) in [5, 5.41) is 13.1. The van der Waals surface area contributed by atoms with Gasteiger partial charge in [-0.05, 0) is 36.8 Å². The van der Waals surface area contributed by atoms with Crippen LogP contribution in [0.1, 0.15) is 11.1 Å². The molecular weight excluding hydrogens is 267 g/mol. The maximum absolute atomic E-state index is 8.85. The van der Waals surface area contributed by atoms with E-state index in [9.17, 15) is 0 Å². The standard InChI is InChI=1S/C14H10Cl2N2/c1-9-5-6-12(15)14(13(9)16)18-11-4-2-3-10(7-11)8-17/h2-7,18H,1H3. The lowest BCUT2D eigenvalue weighted by Crippen LogP contribution is -1.94. The van der Waals surface area contributed by atoms with Gasteiger partial charge in [-0.25, -0.2) is 0 Å². The Kier molecular flexibility index (Phi) is 3.76. The van der Waals surface area contributed by atoms with Crippen LogP contribution in [0.5, 0.6) is 0 Å². The van der Waals surface area contributed by atoms with E-state index in [2.05, 4.69) is 11.4 Å². The number of benzene rings is 2. The highest BCUT2D eigenvalue weighted by molar-refractivity contribution is 6.39. The van der Waals surface area contributed by atoms with Crippen molar-refractivity contribution in [3.05, 3.63) is 57.6 Å². The first-order valence-corrected chi connectivity index (χ1v) is 6.09. The summed E-state index contributed by atoms with van der Waals surface area (Å²) in [6.07, 6.45) is 0. The molecule has 0 fully saturated rings. The lowest BCUT2D eigenvalue weighted by molar-refractivity contribution is 1.44. The van der Waals surface area contributed by atoms with Crippen LogP contribution in [0.25, 0.3) is 0 Å². The van der Waals surface area contributed by atoms with E-state index in [1.165, 1.54) is 0 Å². The number of hydrogen-bond donors (Lipinski definition) is 1. The number of anilines is 2. The summed E-state index contributed by atoms with van der Waals surface area (Å²) in [6.45, 7) is 1.91. The average Bonchev–Trinajstić information content (AvgIpc) is 2.39. The topological polar surface area (TPSA) is 35.8 Å². The molecule has 2 nitrogen and oxygen atoms in total. The van der Waals surface area contributed by atoms with Gasteiger partial charge in [0, 0.05) is 5.69 Å². The monoisotopic (exact) mass is 276 g/mol. The summed E-state index contributed by atoms with van der Waals surface area (Å²) in [4.78, 5) is 0. The summed E-state index contributed by atoms with van der Waals surface area (Å²) >= 11 is 12.3. The van der Waals surface area contributed by atoms with Crippen LogP contribution in [0.15, 0.2) is 36.4 Å². The van der Waals surface area contributed by atoms with Crippen molar-refractivity contribution >= 4 is 34.6 Å². The molecule has 0 aliphatic heterocycles. The third-order valence-electron chi connectivity index (χ3n) is 2.55. The lowest BCUT2D eigenvalue weighted by Gasteiger charge is -2.12. The molecule has 2 aromatic rings. The molecule has 0 saturated carbocycles. The van der Waals surface area contributed by atoms with Gasteiger partial charge in [-0.2, -0.15) is 5.26 Å². The van der Waals surface area contributed by atoms with Gasteiger partial charge in [0.25, 0.3) is 0 Å². The number of aryl methyl sites for hydroxylation is 1. The predicted molar refractivity (Wildman–Crippen MR) is 75.6 cm³/mol. The van der Waals surface area contributed by atoms with Crippen LogP contribution >= 0.6 is 23.2 Å². The highest BCUT2D eigenvalue weighted by Gasteiger charge is 2.08. The molecule has 0 saturated heterocycles. The van der Waals surface area contributed by atoms with E-state index in [-0.39, 0.29) is 0 Å². The molecule has 0 spiro atoms. The fourth-order valence-electron chi connectivity index (χ4n) is 1.58. The summed E-state index contributed by atoms with van der Waals surface area (Å²) in [7, 11) is 0. The molecule has 0 aliphatic carbocycles. The summed E-state index contributed by atoms with van der Waals surface area (Å²) in [5.41, 5.74) is 2.97. The fourth-order valence-corrected chi connectivity index (χ4v) is 2.05. The third kappa shape index (κ3) is 2.59. The minimum atomic E-state index is 0.549. The smallest absolute Gasteiger partial charge is 0.0992 e. The number of nitrogens with zero attached hydrogens (tertiary/aromatic N) is 1. The van der Waals surface area contributed by atoms with Gasteiger partial charge in [-0.1, -0.05) is 35.3 Å². The Bertz CT molecular complexity index is 630. The Morgan fingerprint density at radius 3 is 2.67 bits per heavy atom. The average molecular weight is 277 g/mol. The second-order valence-corrected chi connectivity index (χ2v) is 4.66. The molecule has 0 bridgehead atoms. The van der Waals surface area contributed by atoms with Crippen molar-refractivity contribution in [2.75, 3.05) is 5.32 Å². The second-order valence-electron chi connectivity index (χ2n) is 3.87. The Balaban J connectivity index is 2.40. The van der Waals surface area contributed by atoms with Crippen molar-refractivity contribution in [1.82, 2.24) is 0 Å². The van der Waals surface area contributed by atoms with Gasteiger partial charge >= 0.3 is 0 Å². The number of nitriles is 1. The van der Waals surface area contributed by atoms with Gasteiger partial charge in [-0.3, -0.25) is 0 Å². The third-order valence-corrected chi connectivity index (χ3v) is 3.35. The molecule has 0 amide bonds. The number of halogens is 2. The molecule has 0 aromatic heterocycles. The van der Waals surface area contributed by atoms with Gasteiger partial charge in [0.2, 0.25) is 0 Å². The Morgan fingerprint density at radius 2 is 1.94 bits per heavy atom. The van der Waals surface area contributed by atoms with Gasteiger partial charge < -0.3 is 5.32 Å². The molecule has 0 heterocycles. The quantitative estimate of drug-likeness (QED) is 0.845. The molecule has 18 heavy (non-hydrogen) atoms. The zero-order valence-corrected chi connectivity index (χ0v) is 11.2. The van der Waals surface area contributed by atoms with E-state index in [0.29, 0.717) is 21.3 Å². The van der Waals surface area contributed by atoms with E-state index < -0.39 is 0 Å². The number of rotatable bonds is 2. The second kappa shape index (κ2) is 5.30. The molecule has 1 N–H and O–H groups in total. The van der Waals surface area contributed by atoms with Crippen LogP contribution < -0.4 is 5.32 Å². The Hall–Kier alpha value is -1.69. The van der Waals surface area contributed by atoms with E-state index in [1.807, 2.05) is 19.1 Å². The first kappa shape index (κ1) is 12.8. The summed E-state index contributed by atoms with van der Waals surface area (Å²) < 4.78 is 0. The van der Waals surface area contributed by atoms with Crippen LogP contribution in [0, 0.1) is 18.3 Å². The maximum atomic E-state index is 8.85. The Morgan fingerprint density at radius 1 is 1.17 bits per heavy atom. The Labute approximate surface area is 116 Å². The zero-order chi connectivity index (χ0) is 13.1. The van der Waals surface area contributed by atoms with Gasteiger partial charge in [0.05, 0.1) is 27.4 Å². The fraction of sp³-hybridized carbons (Fsp3) is 0.0714. The van der Waals surface area contributed by atoms with E-state index >= 15 is 0 Å². The molecule has 2 rings (SSSR count). The normalized spacial score (nSPS) is 9.89. The van der Waals surface area contributed by atoms with Crippen LogP contribution in [0.2, 0.25) is 10.0 Å². The molecule has 2 aromatic carbocycles. The van der Waals surface area contributed by atoms with Crippen molar-refractivity contribution in [2.24, 2.45) is 0 Å². The SMILES string of the molecule is Cc1ccc(Cl)c(Nc2cccc(C#N)c2)c1Cl. The van der Waals surface area contributed by atoms with E-state index in [1.54, 1.807) is 24.3 Å². The molecule has 0 radical (unpaired) electrons. The van der Waals surface area contributed by atoms with E-state index in [4.69, 9.17) is 28.5 Å². The minimum absolute atomic E-state index is 0.549. The van der Waals surface area contributed by atoms with Crippen molar-refractivity contribution in [3.63, 3.8) is 0 Å². The zero-order valence-electron chi connectivity index (χ0n) is 9.67. The van der Waals surface area contributed by atoms with Crippen LogP contribution in [0.4, 0.5) is 11.4 Å². The van der Waals surface area contributed by atoms with Crippen molar-refractivity contribution in [1.29, 1.82) is 5.26 Å². The van der Waals surface area contributed by atoms with Gasteiger partial charge in [-0.15, -0.1) is 0 Å². The molecule has 0 aliphatic rings.